The number of anilines is 6. The van der Waals surface area contributed by atoms with E-state index in [2.05, 4.69) is 105 Å². The van der Waals surface area contributed by atoms with Gasteiger partial charge in [-0.1, -0.05) is 24.3 Å². The van der Waals surface area contributed by atoms with Crippen LogP contribution in [0.15, 0.2) is 81.6 Å². The molecule has 0 spiro atoms. The molecule has 8 nitrogen and oxygen atoms in total. The Hall–Kier alpha value is -5.96. The van der Waals surface area contributed by atoms with Gasteiger partial charge in [0.1, 0.15) is 22.5 Å². The lowest BCUT2D eigenvalue weighted by Crippen LogP contribution is -2.60. The summed E-state index contributed by atoms with van der Waals surface area (Å²) in [5, 5.41) is 2.09. The summed E-state index contributed by atoms with van der Waals surface area (Å²) in [7, 11) is 0. The minimum atomic E-state index is -0.310. The lowest BCUT2D eigenvalue weighted by molar-refractivity contribution is 0.296. The van der Waals surface area contributed by atoms with Gasteiger partial charge >= 0.3 is 6.71 Å². The number of hydrogen-bond donors (Lipinski definition) is 0. The van der Waals surface area contributed by atoms with Crippen LogP contribution in [0.3, 0.4) is 0 Å². The smallest absolute Gasteiger partial charge is 0.342 e. The number of rotatable bonds is 2. The molecule has 0 fully saturated rings. The summed E-state index contributed by atoms with van der Waals surface area (Å²) in [6, 6.07) is 25.6. The second-order valence-electron chi connectivity index (χ2n) is 15.0. The molecule has 4 aliphatic rings. The highest BCUT2D eigenvalue weighted by atomic mass is 16.5. The van der Waals surface area contributed by atoms with Gasteiger partial charge in [0, 0.05) is 46.1 Å². The van der Waals surface area contributed by atoms with E-state index in [0.717, 1.165) is 137 Å². The molecule has 11 rings (SSSR count). The monoisotopic (exact) mass is 714 g/mol. The predicted molar refractivity (Wildman–Crippen MR) is 215 cm³/mol. The lowest BCUT2D eigenvalue weighted by atomic mass is 9.37. The minimum Gasteiger partial charge on any atom is -0.490 e. The number of nitrogens with zero attached hydrogens (tertiary/aromatic N) is 2. The van der Waals surface area contributed by atoms with Crippen molar-refractivity contribution in [2.24, 2.45) is 0 Å². The lowest BCUT2D eigenvalue weighted by Gasteiger charge is -2.42. The highest BCUT2D eigenvalue weighted by Crippen LogP contribution is 2.54. The second kappa shape index (κ2) is 11.5. The van der Waals surface area contributed by atoms with Gasteiger partial charge in [-0.25, -0.2) is 0 Å². The van der Waals surface area contributed by atoms with Gasteiger partial charge in [-0.2, -0.15) is 0 Å². The molecule has 4 aliphatic heterocycles. The second-order valence-corrected chi connectivity index (χ2v) is 15.0. The van der Waals surface area contributed by atoms with Gasteiger partial charge < -0.3 is 37.6 Å². The van der Waals surface area contributed by atoms with Crippen LogP contribution in [0.4, 0.5) is 34.1 Å². The van der Waals surface area contributed by atoms with Crippen LogP contribution < -0.4 is 45.5 Å². The number of fused-ring (bicyclic) bond motifs is 10. The van der Waals surface area contributed by atoms with Crippen molar-refractivity contribution in [3.8, 4) is 23.0 Å². The van der Waals surface area contributed by atoms with Gasteiger partial charge in [0.25, 0.3) is 0 Å². The first kappa shape index (κ1) is 31.6. The molecule has 5 aromatic carbocycles. The standard InChI is InChI=1S/C45H39BN2O6/c1-24-20-31-37-32(21-24)48(39-26(3)23-36-43(28(39)5)52-19-11-17-50-36)41-30-13-7-9-15-34(30)54-45(41)46(37)44-40(29-12-6-8-14-33(29)53-44)47(31)38-25(2)22-35-42(27(38)4)51-18-10-16-49-35/h6-9,12-15,20-23H,10-11,16-19H2,1-5H3. The quantitative estimate of drug-likeness (QED) is 0.164. The van der Waals surface area contributed by atoms with Crippen molar-refractivity contribution in [1.29, 1.82) is 0 Å². The maximum Gasteiger partial charge on any atom is 0.342 e. The zero-order valence-electron chi connectivity index (χ0n) is 31.1. The van der Waals surface area contributed by atoms with Gasteiger partial charge in [0.15, 0.2) is 23.0 Å². The molecule has 268 valence electrons. The van der Waals surface area contributed by atoms with Gasteiger partial charge in [-0.05, 0) is 105 Å². The molecule has 54 heavy (non-hydrogen) atoms. The fourth-order valence-corrected chi connectivity index (χ4v) is 9.40. The summed E-state index contributed by atoms with van der Waals surface area (Å²) in [5.74, 6) is 3.18. The summed E-state index contributed by atoms with van der Waals surface area (Å²) in [6.45, 7) is 13.0. The first-order valence-electron chi connectivity index (χ1n) is 19.0. The van der Waals surface area contributed by atoms with Crippen LogP contribution in [0.5, 0.6) is 23.0 Å². The van der Waals surface area contributed by atoms with Crippen LogP contribution in [0, 0.1) is 34.6 Å². The Balaban J connectivity index is 1.27. The van der Waals surface area contributed by atoms with Crippen molar-refractivity contribution in [2.45, 2.75) is 47.5 Å². The van der Waals surface area contributed by atoms with Crippen molar-refractivity contribution in [1.82, 2.24) is 0 Å². The molecule has 7 aromatic rings. The Kier molecular flexibility index (Phi) is 6.73. The Morgan fingerprint density at radius 2 is 0.963 bits per heavy atom. The Labute approximate surface area is 313 Å². The molecular weight excluding hydrogens is 675 g/mol. The van der Waals surface area contributed by atoms with Crippen LogP contribution in [0.2, 0.25) is 0 Å². The van der Waals surface area contributed by atoms with E-state index in [-0.39, 0.29) is 6.71 Å². The van der Waals surface area contributed by atoms with E-state index in [9.17, 15) is 0 Å². The van der Waals surface area contributed by atoms with E-state index in [1.807, 2.05) is 12.1 Å². The van der Waals surface area contributed by atoms with E-state index in [1.54, 1.807) is 0 Å². The van der Waals surface area contributed by atoms with Crippen molar-refractivity contribution in [3.05, 3.63) is 101 Å². The number of benzene rings is 5. The Bertz CT molecular complexity index is 2550. The first-order valence-corrected chi connectivity index (χ1v) is 19.0. The normalized spacial score (nSPS) is 15.5. The summed E-state index contributed by atoms with van der Waals surface area (Å²) >= 11 is 0. The molecule has 0 amide bonds. The van der Waals surface area contributed by atoms with Gasteiger partial charge in [0.2, 0.25) is 0 Å². The number of aryl methyl sites for hydroxylation is 3. The topological polar surface area (TPSA) is 69.7 Å². The summed E-state index contributed by atoms with van der Waals surface area (Å²) in [4.78, 5) is 4.84. The van der Waals surface area contributed by atoms with E-state index < -0.39 is 0 Å². The summed E-state index contributed by atoms with van der Waals surface area (Å²) < 4.78 is 39.4. The summed E-state index contributed by atoms with van der Waals surface area (Å²) in [6.07, 6.45) is 1.67. The Morgan fingerprint density at radius 3 is 1.44 bits per heavy atom. The number of ether oxygens (including phenoxy) is 4. The molecule has 0 aliphatic carbocycles. The summed E-state index contributed by atoms with van der Waals surface area (Å²) in [5.41, 5.74) is 16.2. The molecule has 9 heteroatoms. The van der Waals surface area contributed by atoms with Crippen molar-refractivity contribution in [3.63, 3.8) is 0 Å². The highest BCUT2D eigenvalue weighted by molar-refractivity contribution is 6.99. The third-order valence-corrected chi connectivity index (χ3v) is 11.5. The van der Waals surface area contributed by atoms with Gasteiger partial charge in [0.05, 0.1) is 49.2 Å². The van der Waals surface area contributed by atoms with Crippen LogP contribution in [-0.2, 0) is 0 Å². The zero-order valence-corrected chi connectivity index (χ0v) is 31.1. The highest BCUT2D eigenvalue weighted by Gasteiger charge is 2.50. The van der Waals surface area contributed by atoms with Crippen molar-refractivity contribution >= 4 is 79.6 Å². The third kappa shape index (κ3) is 4.26. The Morgan fingerprint density at radius 1 is 0.519 bits per heavy atom. The maximum atomic E-state index is 7.05. The molecule has 0 bridgehead atoms. The largest absolute Gasteiger partial charge is 0.490 e. The first-order chi connectivity index (χ1) is 26.4. The van der Waals surface area contributed by atoms with E-state index in [1.165, 1.54) is 0 Å². The van der Waals surface area contributed by atoms with E-state index in [0.29, 0.717) is 26.4 Å². The van der Waals surface area contributed by atoms with Crippen molar-refractivity contribution < 1.29 is 27.8 Å². The molecule has 0 atom stereocenters. The molecule has 0 unspecified atom stereocenters. The minimum absolute atomic E-state index is 0.310. The van der Waals surface area contributed by atoms with E-state index >= 15 is 0 Å². The fourth-order valence-electron chi connectivity index (χ4n) is 9.40. The van der Waals surface area contributed by atoms with Crippen LogP contribution >= 0.6 is 0 Å². The van der Waals surface area contributed by atoms with Crippen LogP contribution in [0.1, 0.15) is 40.7 Å². The molecule has 2 aromatic heterocycles. The number of furan rings is 2. The maximum absolute atomic E-state index is 7.05. The van der Waals surface area contributed by atoms with Gasteiger partial charge in [-0.3, -0.25) is 0 Å². The molecule has 0 saturated heterocycles. The average molecular weight is 715 g/mol. The zero-order chi connectivity index (χ0) is 36.4. The number of hydrogen-bond acceptors (Lipinski definition) is 8. The predicted octanol–water partition coefficient (Wildman–Crippen LogP) is 9.13. The molecule has 0 saturated carbocycles. The van der Waals surface area contributed by atoms with Gasteiger partial charge in [-0.15, -0.1) is 0 Å². The molecule has 6 heterocycles. The number of para-hydroxylation sites is 2. The molecule has 0 N–H and O–H groups in total. The SMILES string of the molecule is Cc1cc2c3c(c1)N(c1c(C)cc4c(c1C)OCCCO4)c1c(oc4ccccc14)B3c1oc3ccccc3c1N2c1c(C)cc2c(c1C)OCCCO2. The average Bonchev–Trinajstić information content (AvgIpc) is 3.51. The van der Waals surface area contributed by atoms with Crippen molar-refractivity contribution in [2.75, 3.05) is 36.2 Å². The molecule has 0 radical (unpaired) electrons. The van der Waals surface area contributed by atoms with Crippen LogP contribution in [-0.4, -0.2) is 33.1 Å². The fraction of sp³-hybridized carbons (Fsp3) is 0.244. The van der Waals surface area contributed by atoms with E-state index in [4.69, 9.17) is 27.8 Å². The third-order valence-electron chi connectivity index (χ3n) is 11.5. The van der Waals surface area contributed by atoms with Crippen LogP contribution in [0.25, 0.3) is 21.9 Å². The molecular formula is C45H39BN2O6.